The zero-order chi connectivity index (χ0) is 21.8. The number of thiophene rings is 1. The topological polar surface area (TPSA) is 96.4 Å². The number of carbonyl (C=O) groups is 1. The Kier molecular flexibility index (Phi) is 6.28. The third-order valence-corrected chi connectivity index (χ3v) is 8.76. The van der Waals surface area contributed by atoms with E-state index in [0.717, 1.165) is 27.3 Å². The first kappa shape index (κ1) is 21.4. The van der Waals surface area contributed by atoms with Gasteiger partial charge in [-0.3, -0.25) is 4.79 Å². The van der Waals surface area contributed by atoms with Gasteiger partial charge in [0.25, 0.3) is 10.0 Å². The van der Waals surface area contributed by atoms with Crippen molar-refractivity contribution < 1.29 is 18.3 Å². The fraction of sp³-hybridized carbons (Fsp3) is 0.0909. The molecule has 1 atom stereocenters. The molecule has 2 N–H and O–H groups in total. The molecule has 0 spiro atoms. The zero-order valence-electron chi connectivity index (χ0n) is 16.1. The average Bonchev–Trinajstić information content (AvgIpc) is 3.45. The van der Waals surface area contributed by atoms with Crippen LogP contribution < -0.4 is 4.72 Å². The highest BCUT2D eigenvalue weighted by atomic mass is 32.2. The van der Waals surface area contributed by atoms with Crippen molar-refractivity contribution in [3.8, 4) is 20.3 Å². The van der Waals surface area contributed by atoms with Crippen LogP contribution in [-0.2, 0) is 21.2 Å². The normalized spacial score (nSPS) is 12.5. The van der Waals surface area contributed by atoms with E-state index in [1.54, 1.807) is 36.5 Å². The maximum atomic E-state index is 12.8. The molecule has 4 aromatic rings. The molecular formula is C22H18N2O4S3. The predicted octanol–water partition coefficient (Wildman–Crippen LogP) is 4.51. The van der Waals surface area contributed by atoms with Crippen molar-refractivity contribution in [2.75, 3.05) is 0 Å². The second-order valence-corrected chi connectivity index (χ2v) is 10.8. The van der Waals surface area contributed by atoms with E-state index in [9.17, 15) is 18.3 Å². The number of rotatable bonds is 8. The number of sulfonamides is 1. The third-order valence-electron chi connectivity index (χ3n) is 4.50. The summed E-state index contributed by atoms with van der Waals surface area (Å²) in [6.07, 6.45) is 1.82. The number of carboxylic acid groups (broad SMARTS) is 1. The van der Waals surface area contributed by atoms with E-state index in [0.29, 0.717) is 9.88 Å². The molecular weight excluding hydrogens is 452 g/mol. The molecule has 0 amide bonds. The summed E-state index contributed by atoms with van der Waals surface area (Å²) in [4.78, 5) is 17.8. The molecule has 9 heteroatoms. The summed E-state index contributed by atoms with van der Waals surface area (Å²) >= 11 is 2.54. The number of aromatic nitrogens is 1. The van der Waals surface area contributed by atoms with Crippen molar-refractivity contribution in [2.45, 2.75) is 16.7 Å². The number of carboxylic acids is 1. The number of nitrogens with one attached hydrogen (secondary N) is 1. The van der Waals surface area contributed by atoms with E-state index < -0.39 is 22.0 Å². The third kappa shape index (κ3) is 5.08. The van der Waals surface area contributed by atoms with Gasteiger partial charge in [-0.15, -0.1) is 22.7 Å². The van der Waals surface area contributed by atoms with Crippen LogP contribution in [0.3, 0.4) is 0 Å². The highest BCUT2D eigenvalue weighted by Crippen LogP contribution is 2.36. The maximum absolute atomic E-state index is 12.8. The van der Waals surface area contributed by atoms with Crippen molar-refractivity contribution in [1.29, 1.82) is 0 Å². The summed E-state index contributed by atoms with van der Waals surface area (Å²) in [5.41, 5.74) is 1.78. The largest absolute Gasteiger partial charge is 0.480 e. The van der Waals surface area contributed by atoms with Crippen LogP contribution in [0.25, 0.3) is 20.3 Å². The van der Waals surface area contributed by atoms with Gasteiger partial charge in [0, 0.05) is 6.20 Å². The lowest BCUT2D eigenvalue weighted by Crippen LogP contribution is -2.42. The van der Waals surface area contributed by atoms with Gasteiger partial charge in [0.1, 0.15) is 15.3 Å². The van der Waals surface area contributed by atoms with Crippen molar-refractivity contribution in [3.63, 3.8) is 0 Å². The Morgan fingerprint density at radius 3 is 2.29 bits per heavy atom. The first-order valence-electron chi connectivity index (χ1n) is 9.33. The minimum absolute atomic E-state index is 0.0540. The summed E-state index contributed by atoms with van der Waals surface area (Å²) < 4.78 is 28.0. The molecule has 0 saturated heterocycles. The van der Waals surface area contributed by atoms with Crippen LogP contribution in [0.4, 0.5) is 0 Å². The molecule has 2 aromatic heterocycles. The van der Waals surface area contributed by atoms with Crippen LogP contribution in [0.2, 0.25) is 0 Å². The summed E-state index contributed by atoms with van der Waals surface area (Å²) in [5.74, 6) is -1.23. The molecule has 0 bridgehead atoms. The predicted molar refractivity (Wildman–Crippen MR) is 123 cm³/mol. The van der Waals surface area contributed by atoms with Gasteiger partial charge in [-0.05, 0) is 29.7 Å². The molecule has 0 aliphatic heterocycles. The molecule has 31 heavy (non-hydrogen) atoms. The van der Waals surface area contributed by atoms with Gasteiger partial charge in [0.05, 0.1) is 9.75 Å². The van der Waals surface area contributed by atoms with Crippen LogP contribution >= 0.6 is 22.7 Å². The number of thiazole rings is 1. The number of benzene rings is 2. The maximum Gasteiger partial charge on any atom is 0.322 e. The lowest BCUT2D eigenvalue weighted by atomic mass is 10.1. The summed E-state index contributed by atoms with van der Waals surface area (Å²) in [5, 5.41) is 10.2. The van der Waals surface area contributed by atoms with E-state index in [-0.39, 0.29) is 10.6 Å². The Balaban J connectivity index is 1.53. The van der Waals surface area contributed by atoms with Crippen LogP contribution in [0.1, 0.15) is 5.56 Å². The number of aliphatic carboxylic acids is 1. The number of nitrogens with zero attached hydrogens (tertiary/aromatic N) is 1. The summed E-state index contributed by atoms with van der Waals surface area (Å²) in [6.45, 7) is 0. The molecule has 6 nitrogen and oxygen atoms in total. The first-order valence-corrected chi connectivity index (χ1v) is 12.4. The van der Waals surface area contributed by atoms with Gasteiger partial charge >= 0.3 is 5.97 Å². The summed E-state index contributed by atoms with van der Waals surface area (Å²) in [6, 6.07) is 20.6. The van der Waals surface area contributed by atoms with Gasteiger partial charge in [0.2, 0.25) is 0 Å². The van der Waals surface area contributed by atoms with Crippen LogP contribution in [0, 0.1) is 0 Å². The second kappa shape index (κ2) is 9.11. The van der Waals surface area contributed by atoms with Gasteiger partial charge < -0.3 is 5.11 Å². The Hall–Kier alpha value is -2.85. The zero-order valence-corrected chi connectivity index (χ0v) is 18.6. The van der Waals surface area contributed by atoms with E-state index in [4.69, 9.17) is 0 Å². The molecule has 0 aliphatic carbocycles. The minimum Gasteiger partial charge on any atom is -0.480 e. The van der Waals surface area contributed by atoms with E-state index in [1.807, 2.05) is 36.4 Å². The van der Waals surface area contributed by atoms with Crippen LogP contribution in [0.15, 0.2) is 83.2 Å². The Bertz CT molecular complexity index is 1280. The van der Waals surface area contributed by atoms with Gasteiger partial charge in [0.15, 0.2) is 0 Å². The molecule has 0 radical (unpaired) electrons. The highest BCUT2D eigenvalue weighted by Gasteiger charge is 2.27. The second-order valence-electron chi connectivity index (χ2n) is 6.72. The Labute approximate surface area is 187 Å². The molecule has 0 fully saturated rings. The molecule has 4 rings (SSSR count). The van der Waals surface area contributed by atoms with E-state index >= 15 is 0 Å². The van der Waals surface area contributed by atoms with Gasteiger partial charge in [-0.1, -0.05) is 60.7 Å². The minimum atomic E-state index is -3.99. The Morgan fingerprint density at radius 2 is 1.61 bits per heavy atom. The monoisotopic (exact) mass is 470 g/mol. The van der Waals surface area contributed by atoms with Crippen LogP contribution in [0.5, 0.6) is 0 Å². The molecule has 158 valence electrons. The van der Waals surface area contributed by atoms with Gasteiger partial charge in [-0.25, -0.2) is 13.4 Å². The lowest BCUT2D eigenvalue weighted by Gasteiger charge is -2.14. The van der Waals surface area contributed by atoms with Crippen molar-refractivity contribution in [1.82, 2.24) is 9.71 Å². The molecule has 0 aliphatic rings. The average molecular weight is 471 g/mol. The van der Waals surface area contributed by atoms with Crippen molar-refractivity contribution in [2.24, 2.45) is 0 Å². The fourth-order valence-electron chi connectivity index (χ4n) is 2.98. The highest BCUT2D eigenvalue weighted by molar-refractivity contribution is 7.91. The van der Waals surface area contributed by atoms with E-state index in [1.165, 1.54) is 17.4 Å². The van der Waals surface area contributed by atoms with Crippen molar-refractivity contribution >= 4 is 38.7 Å². The van der Waals surface area contributed by atoms with Crippen molar-refractivity contribution in [3.05, 3.63) is 84.6 Å². The molecule has 1 unspecified atom stereocenters. The number of hydrogen-bond donors (Lipinski definition) is 2. The van der Waals surface area contributed by atoms with E-state index in [2.05, 4.69) is 9.71 Å². The fourth-order valence-corrected chi connectivity index (χ4v) is 6.47. The SMILES string of the molecule is O=C(O)C(Cc1ccccc1)NS(=O)(=O)c1ccc(-c2ncc(-c3ccccc3)s2)s1. The first-order chi connectivity index (χ1) is 14.9. The summed E-state index contributed by atoms with van der Waals surface area (Å²) in [7, 11) is -3.99. The quantitative estimate of drug-likeness (QED) is 0.395. The molecule has 2 aromatic carbocycles. The lowest BCUT2D eigenvalue weighted by molar-refractivity contribution is -0.138. The Morgan fingerprint density at radius 1 is 0.935 bits per heavy atom. The van der Waals surface area contributed by atoms with Crippen LogP contribution in [-0.4, -0.2) is 30.5 Å². The smallest absolute Gasteiger partial charge is 0.322 e. The molecule has 0 saturated carbocycles. The molecule has 2 heterocycles. The standard InChI is InChI=1S/C22H18N2O4S3/c25-22(26)17(13-15-7-3-1-4-8-15)24-31(27,28)20-12-11-18(29-20)21-23-14-19(30-21)16-9-5-2-6-10-16/h1-12,14,17,24H,13H2,(H,25,26). The number of hydrogen-bond acceptors (Lipinski definition) is 6. The van der Waals surface area contributed by atoms with Gasteiger partial charge in [-0.2, -0.15) is 4.72 Å².